The first kappa shape index (κ1) is 20.9. The normalized spacial score (nSPS) is 11.1. The van der Waals surface area contributed by atoms with E-state index in [-0.39, 0.29) is 5.69 Å². The highest BCUT2D eigenvalue weighted by atomic mass is 19.4. The molecule has 1 N–H and O–H groups in total. The van der Waals surface area contributed by atoms with Gasteiger partial charge in [0, 0.05) is 5.69 Å². The number of rotatable bonds is 5. The Balaban J connectivity index is 1.84. The average molecular weight is 414 g/mol. The number of halogens is 3. The van der Waals surface area contributed by atoms with Crippen LogP contribution in [0.25, 0.3) is 5.69 Å². The fraction of sp³-hybridized carbons (Fsp3) is 0.190. The van der Waals surface area contributed by atoms with Crippen molar-refractivity contribution in [3.63, 3.8) is 0 Å². The second-order valence-corrected chi connectivity index (χ2v) is 6.54. The van der Waals surface area contributed by atoms with Gasteiger partial charge in [-0.25, -0.2) is 4.68 Å². The number of nitriles is 1. The molecule has 3 rings (SSSR count). The molecular formula is C21H17F3N4O2. The van der Waals surface area contributed by atoms with Crippen molar-refractivity contribution in [2.75, 3.05) is 11.9 Å². The summed E-state index contributed by atoms with van der Waals surface area (Å²) < 4.78 is 46.3. The van der Waals surface area contributed by atoms with Gasteiger partial charge in [0.15, 0.2) is 6.61 Å². The van der Waals surface area contributed by atoms with Crippen LogP contribution in [0.2, 0.25) is 0 Å². The van der Waals surface area contributed by atoms with Crippen molar-refractivity contribution in [3.8, 4) is 17.5 Å². The Morgan fingerprint density at radius 2 is 1.87 bits per heavy atom. The van der Waals surface area contributed by atoms with Crippen LogP contribution in [0, 0.1) is 25.2 Å². The van der Waals surface area contributed by atoms with Gasteiger partial charge in [0.2, 0.25) is 0 Å². The smallest absolute Gasteiger partial charge is 0.416 e. The van der Waals surface area contributed by atoms with Gasteiger partial charge in [0.25, 0.3) is 5.91 Å². The van der Waals surface area contributed by atoms with Gasteiger partial charge in [0.1, 0.15) is 5.75 Å². The molecule has 154 valence electrons. The van der Waals surface area contributed by atoms with Crippen LogP contribution in [0.5, 0.6) is 5.75 Å². The Labute approximate surface area is 170 Å². The summed E-state index contributed by atoms with van der Waals surface area (Å²) in [4.78, 5) is 12.3. The number of nitrogens with one attached hydrogen (secondary N) is 1. The first-order valence-corrected chi connectivity index (χ1v) is 8.85. The second-order valence-electron chi connectivity index (χ2n) is 6.54. The fourth-order valence-corrected chi connectivity index (χ4v) is 2.83. The summed E-state index contributed by atoms with van der Waals surface area (Å²) in [5.41, 5.74) is 1.21. The summed E-state index contributed by atoms with van der Waals surface area (Å²) in [5, 5.41) is 15.5. The molecule has 1 aromatic heterocycles. The highest BCUT2D eigenvalue weighted by molar-refractivity contribution is 5.94. The monoisotopic (exact) mass is 414 g/mol. The molecule has 0 aliphatic rings. The minimum atomic E-state index is -4.56. The molecule has 2 aromatic carbocycles. The van der Waals surface area contributed by atoms with Crippen LogP contribution in [0.4, 0.5) is 18.9 Å². The van der Waals surface area contributed by atoms with Crippen LogP contribution in [0.1, 0.15) is 22.5 Å². The number of aromatic nitrogens is 2. The predicted octanol–water partition coefficient (Wildman–Crippen LogP) is 4.40. The summed E-state index contributed by atoms with van der Waals surface area (Å²) in [7, 11) is 0. The van der Waals surface area contributed by atoms with E-state index in [0.717, 1.165) is 12.1 Å². The van der Waals surface area contributed by atoms with E-state index in [0.29, 0.717) is 28.4 Å². The van der Waals surface area contributed by atoms with E-state index >= 15 is 0 Å². The third-order valence-corrected chi connectivity index (χ3v) is 4.19. The molecule has 6 nitrogen and oxygen atoms in total. The quantitative estimate of drug-likeness (QED) is 0.671. The Bertz CT molecular complexity index is 1110. The lowest BCUT2D eigenvalue weighted by Gasteiger charge is -2.16. The molecule has 0 aliphatic carbocycles. The summed E-state index contributed by atoms with van der Waals surface area (Å²) in [6, 6.07) is 12.9. The third kappa shape index (κ3) is 4.78. The number of carbonyl (C=O) groups excluding carboxylic acids is 1. The van der Waals surface area contributed by atoms with Crippen molar-refractivity contribution in [1.82, 2.24) is 9.78 Å². The molecule has 9 heteroatoms. The van der Waals surface area contributed by atoms with Crippen molar-refractivity contribution in [2.24, 2.45) is 0 Å². The number of ether oxygens (including phenoxy) is 1. The maximum Gasteiger partial charge on any atom is 0.416 e. The molecule has 0 aliphatic heterocycles. The van der Waals surface area contributed by atoms with Gasteiger partial charge in [-0.2, -0.15) is 23.5 Å². The van der Waals surface area contributed by atoms with Crippen LogP contribution >= 0.6 is 0 Å². The van der Waals surface area contributed by atoms with Crippen molar-refractivity contribution < 1.29 is 22.7 Å². The molecule has 1 heterocycles. The molecule has 1 amide bonds. The van der Waals surface area contributed by atoms with Crippen LogP contribution in [-0.4, -0.2) is 22.3 Å². The number of aryl methyl sites for hydroxylation is 2. The average Bonchev–Trinajstić information content (AvgIpc) is 3.04. The zero-order valence-corrected chi connectivity index (χ0v) is 16.1. The lowest BCUT2D eigenvalue weighted by atomic mass is 10.1. The van der Waals surface area contributed by atoms with E-state index in [1.54, 1.807) is 19.9 Å². The van der Waals surface area contributed by atoms with E-state index < -0.39 is 24.3 Å². The van der Waals surface area contributed by atoms with E-state index in [4.69, 9.17) is 10.00 Å². The minimum Gasteiger partial charge on any atom is -0.484 e. The van der Waals surface area contributed by atoms with Crippen molar-refractivity contribution >= 4 is 11.6 Å². The first-order valence-electron chi connectivity index (χ1n) is 8.85. The number of anilines is 1. The molecule has 0 unspecified atom stereocenters. The van der Waals surface area contributed by atoms with Crippen LogP contribution < -0.4 is 10.1 Å². The van der Waals surface area contributed by atoms with E-state index in [9.17, 15) is 18.0 Å². The van der Waals surface area contributed by atoms with E-state index in [1.165, 1.54) is 35.0 Å². The maximum absolute atomic E-state index is 13.2. The Morgan fingerprint density at radius 1 is 1.17 bits per heavy atom. The SMILES string of the molecule is Cc1cc(C)n(-c2ccc(C(F)(F)F)cc2NC(=O)COc2ccc(C#N)cc2)n1. The van der Waals surface area contributed by atoms with E-state index in [1.807, 2.05) is 6.07 Å². The van der Waals surface area contributed by atoms with Crippen LogP contribution in [0.15, 0.2) is 48.5 Å². The summed E-state index contributed by atoms with van der Waals surface area (Å²) >= 11 is 0. The van der Waals surface area contributed by atoms with Gasteiger partial charge in [-0.3, -0.25) is 4.79 Å². The number of carbonyl (C=O) groups is 1. The van der Waals surface area contributed by atoms with Gasteiger partial charge in [-0.15, -0.1) is 0 Å². The lowest BCUT2D eigenvalue weighted by molar-refractivity contribution is -0.137. The third-order valence-electron chi connectivity index (χ3n) is 4.19. The van der Waals surface area contributed by atoms with Crippen molar-refractivity contribution in [2.45, 2.75) is 20.0 Å². The molecule has 0 bridgehead atoms. The number of nitrogens with zero attached hydrogens (tertiary/aromatic N) is 3. The van der Waals surface area contributed by atoms with Crippen molar-refractivity contribution in [1.29, 1.82) is 5.26 Å². The number of amides is 1. The van der Waals surface area contributed by atoms with Crippen molar-refractivity contribution in [3.05, 3.63) is 71.0 Å². The van der Waals surface area contributed by atoms with Gasteiger partial charge < -0.3 is 10.1 Å². The number of benzene rings is 2. The zero-order valence-electron chi connectivity index (χ0n) is 16.1. The molecule has 3 aromatic rings. The maximum atomic E-state index is 13.2. The van der Waals surface area contributed by atoms with Gasteiger partial charge in [-0.1, -0.05) is 0 Å². The number of hydrogen-bond donors (Lipinski definition) is 1. The topological polar surface area (TPSA) is 79.9 Å². The standard InChI is InChI=1S/C21H17F3N4O2/c1-13-9-14(2)28(27-13)19-8-5-16(21(22,23)24)10-18(19)26-20(29)12-30-17-6-3-15(11-25)4-7-17/h3-10H,12H2,1-2H3,(H,26,29). The van der Waals surface area contributed by atoms with Gasteiger partial charge >= 0.3 is 6.18 Å². The van der Waals surface area contributed by atoms with Gasteiger partial charge in [0.05, 0.1) is 34.3 Å². The Kier molecular flexibility index (Phi) is 5.78. The first-order chi connectivity index (χ1) is 14.2. The molecule has 0 saturated heterocycles. The second kappa shape index (κ2) is 8.29. The molecule has 0 atom stereocenters. The van der Waals surface area contributed by atoms with E-state index in [2.05, 4.69) is 10.4 Å². The van der Waals surface area contributed by atoms with Crippen LogP contribution in [-0.2, 0) is 11.0 Å². The Morgan fingerprint density at radius 3 is 2.43 bits per heavy atom. The minimum absolute atomic E-state index is 0.0375. The predicted molar refractivity (Wildman–Crippen MR) is 103 cm³/mol. The fourth-order valence-electron chi connectivity index (χ4n) is 2.83. The summed E-state index contributed by atoms with van der Waals surface area (Å²) in [6.07, 6.45) is -4.56. The molecule has 0 saturated carbocycles. The lowest BCUT2D eigenvalue weighted by Crippen LogP contribution is -2.22. The molecule has 0 radical (unpaired) electrons. The van der Waals surface area contributed by atoms with Crippen LogP contribution in [0.3, 0.4) is 0 Å². The van der Waals surface area contributed by atoms with Gasteiger partial charge in [-0.05, 0) is 62.4 Å². The highest BCUT2D eigenvalue weighted by Crippen LogP contribution is 2.33. The Hall–Kier alpha value is -3.80. The number of hydrogen-bond acceptors (Lipinski definition) is 4. The summed E-state index contributed by atoms with van der Waals surface area (Å²) in [5.74, 6) is -0.284. The zero-order chi connectivity index (χ0) is 21.9. The largest absolute Gasteiger partial charge is 0.484 e. The highest BCUT2D eigenvalue weighted by Gasteiger charge is 2.31. The number of alkyl halides is 3. The molecule has 0 fully saturated rings. The molecule has 0 spiro atoms. The summed E-state index contributed by atoms with van der Waals surface area (Å²) in [6.45, 7) is 3.10. The molecule has 30 heavy (non-hydrogen) atoms. The molecular weight excluding hydrogens is 397 g/mol.